The number of nitrogens with one attached hydrogen (secondary N) is 1. The minimum atomic E-state index is -4.09. The molecule has 0 spiro atoms. The molecule has 0 aliphatic heterocycles. The molecule has 0 bridgehead atoms. The largest absolute Gasteiger partial charge is 0.469 e. The zero-order chi connectivity index (χ0) is 31.3. The molecule has 0 saturated carbocycles. The average molecular weight is 644 g/mol. The second kappa shape index (κ2) is 13.8. The number of halogens is 2. The SMILES string of the molecule is CC(C)OC[C@H](CO[Si](C)(C)C(C)(C)C)Oc1cc(NS(=O)(=O)c2cn(C)cn2)nc(SCc2cccc(F)c2F)n1. The molecule has 0 aliphatic rings. The van der Waals surface area contributed by atoms with Crippen LogP contribution in [0.3, 0.4) is 0 Å². The van der Waals surface area contributed by atoms with Gasteiger partial charge in [0.15, 0.2) is 30.1 Å². The van der Waals surface area contributed by atoms with E-state index in [0.717, 1.165) is 17.8 Å². The molecule has 3 aromatic rings. The van der Waals surface area contributed by atoms with Gasteiger partial charge in [-0.2, -0.15) is 13.4 Å². The van der Waals surface area contributed by atoms with Crippen molar-refractivity contribution in [2.75, 3.05) is 17.9 Å². The minimum Gasteiger partial charge on any atom is -0.469 e. The Kier molecular flexibility index (Phi) is 11.1. The molecule has 3 rings (SSSR count). The molecule has 0 aliphatic carbocycles. The normalized spacial score (nSPS) is 13.4. The van der Waals surface area contributed by atoms with Crippen LogP contribution in [0, 0.1) is 11.6 Å². The number of imidazole rings is 1. The van der Waals surface area contributed by atoms with Crippen molar-refractivity contribution < 1.29 is 31.1 Å². The second-order valence-corrected chi connectivity index (χ2v) is 18.9. The molecule has 0 fully saturated rings. The van der Waals surface area contributed by atoms with Crippen LogP contribution in [-0.4, -0.2) is 61.7 Å². The summed E-state index contributed by atoms with van der Waals surface area (Å²) < 4.78 is 76.3. The van der Waals surface area contributed by atoms with Crippen molar-refractivity contribution in [1.82, 2.24) is 19.5 Å². The number of hydrogen-bond acceptors (Lipinski definition) is 9. The molecule has 2 aromatic heterocycles. The van der Waals surface area contributed by atoms with Crippen LogP contribution < -0.4 is 9.46 Å². The molecule has 0 unspecified atom stereocenters. The molecule has 15 heteroatoms. The van der Waals surface area contributed by atoms with Crippen LogP contribution in [0.25, 0.3) is 0 Å². The third-order valence-electron chi connectivity index (χ3n) is 6.61. The maximum Gasteiger partial charge on any atom is 0.282 e. The lowest BCUT2D eigenvalue weighted by Gasteiger charge is -2.37. The van der Waals surface area contributed by atoms with Crippen LogP contribution in [0.5, 0.6) is 5.88 Å². The van der Waals surface area contributed by atoms with E-state index in [1.807, 2.05) is 13.8 Å². The van der Waals surface area contributed by atoms with Crippen LogP contribution >= 0.6 is 11.8 Å². The zero-order valence-corrected chi connectivity index (χ0v) is 27.8. The molecule has 10 nitrogen and oxygen atoms in total. The Bertz CT molecular complexity index is 1470. The quantitative estimate of drug-likeness (QED) is 0.133. The molecule has 232 valence electrons. The highest BCUT2D eigenvalue weighted by Gasteiger charge is 2.38. The summed E-state index contributed by atoms with van der Waals surface area (Å²) in [5.74, 6) is -1.97. The zero-order valence-electron chi connectivity index (χ0n) is 25.1. The number of nitrogens with zero attached hydrogens (tertiary/aromatic N) is 4. The monoisotopic (exact) mass is 643 g/mol. The van der Waals surface area contributed by atoms with Gasteiger partial charge in [0, 0.05) is 30.6 Å². The van der Waals surface area contributed by atoms with Crippen LogP contribution in [0.15, 0.2) is 47.0 Å². The van der Waals surface area contributed by atoms with E-state index in [1.165, 1.54) is 35.3 Å². The van der Waals surface area contributed by atoms with Crippen molar-refractivity contribution in [1.29, 1.82) is 0 Å². The summed E-state index contributed by atoms with van der Waals surface area (Å²) in [7, 11) is -4.57. The Morgan fingerprint density at radius 1 is 1.14 bits per heavy atom. The molecule has 0 radical (unpaired) electrons. The van der Waals surface area contributed by atoms with Gasteiger partial charge in [0.1, 0.15) is 11.9 Å². The highest BCUT2D eigenvalue weighted by atomic mass is 32.2. The molecule has 0 amide bonds. The lowest BCUT2D eigenvalue weighted by atomic mass is 10.2. The van der Waals surface area contributed by atoms with Gasteiger partial charge in [-0.15, -0.1) is 0 Å². The summed E-state index contributed by atoms with van der Waals surface area (Å²) in [5.41, 5.74) is 0.108. The van der Waals surface area contributed by atoms with Crippen LogP contribution in [0.4, 0.5) is 14.6 Å². The molecule has 0 saturated heterocycles. The molecule has 2 heterocycles. The van der Waals surface area contributed by atoms with Crippen molar-refractivity contribution in [2.45, 2.75) is 80.9 Å². The summed E-state index contributed by atoms with van der Waals surface area (Å²) in [6, 6.07) is 5.24. The van der Waals surface area contributed by atoms with Gasteiger partial charge in [-0.1, -0.05) is 44.7 Å². The van der Waals surface area contributed by atoms with Crippen LogP contribution in [0.2, 0.25) is 18.1 Å². The number of rotatable bonds is 14. The number of sulfonamides is 1. The van der Waals surface area contributed by atoms with E-state index in [2.05, 4.69) is 53.5 Å². The molecular formula is C27H39F2N5O5S2Si. The van der Waals surface area contributed by atoms with E-state index in [0.29, 0.717) is 0 Å². The Labute approximate surface area is 251 Å². The van der Waals surface area contributed by atoms with Gasteiger partial charge in [0.25, 0.3) is 10.0 Å². The first kappa shape index (κ1) is 33.9. The van der Waals surface area contributed by atoms with E-state index >= 15 is 0 Å². The topological polar surface area (TPSA) is 117 Å². The van der Waals surface area contributed by atoms with E-state index in [-0.39, 0.29) is 57.6 Å². The maximum atomic E-state index is 14.3. The van der Waals surface area contributed by atoms with Crippen LogP contribution in [-0.2, 0) is 32.0 Å². The lowest BCUT2D eigenvalue weighted by molar-refractivity contribution is -0.00496. The third-order valence-corrected chi connectivity index (χ3v) is 13.2. The fraction of sp³-hybridized carbons (Fsp3) is 0.519. The van der Waals surface area contributed by atoms with E-state index < -0.39 is 36.1 Å². The summed E-state index contributed by atoms with van der Waals surface area (Å²) in [4.78, 5) is 12.6. The molecular weight excluding hydrogens is 605 g/mol. The van der Waals surface area contributed by atoms with Crippen molar-refractivity contribution in [3.63, 3.8) is 0 Å². The lowest BCUT2D eigenvalue weighted by Crippen LogP contribution is -2.44. The number of benzene rings is 1. The maximum absolute atomic E-state index is 14.3. The van der Waals surface area contributed by atoms with Gasteiger partial charge in [-0.25, -0.2) is 18.7 Å². The number of ether oxygens (including phenoxy) is 2. The highest BCUT2D eigenvalue weighted by Crippen LogP contribution is 2.36. The standard InChI is InChI=1S/C27H39F2N5O5S2Si/c1-18(2)37-14-20(15-38-42(7,8)27(3,4)5)39-23-12-22(33-41(35,36)24-13-34(6)17-30-24)31-26(32-23)40-16-19-10-9-11-21(28)25(19)29/h9-13,17-18,20H,14-16H2,1-8H3,(H,31,32,33)/t20-/m1/s1. The molecule has 1 atom stereocenters. The molecule has 42 heavy (non-hydrogen) atoms. The summed E-state index contributed by atoms with van der Waals surface area (Å²) in [6.45, 7) is 14.9. The fourth-order valence-corrected chi connectivity index (χ4v) is 6.04. The van der Waals surface area contributed by atoms with Crippen molar-refractivity contribution in [3.8, 4) is 5.88 Å². The van der Waals surface area contributed by atoms with Gasteiger partial charge in [-0.3, -0.25) is 4.72 Å². The second-order valence-electron chi connectivity index (χ2n) is 11.6. The van der Waals surface area contributed by atoms with Gasteiger partial charge in [-0.05, 0) is 38.0 Å². The minimum absolute atomic E-state index is 0.00610. The van der Waals surface area contributed by atoms with E-state index in [1.54, 1.807) is 7.05 Å². The van der Waals surface area contributed by atoms with Gasteiger partial charge < -0.3 is 18.5 Å². The smallest absolute Gasteiger partial charge is 0.282 e. The average Bonchev–Trinajstić information content (AvgIpc) is 3.33. The van der Waals surface area contributed by atoms with Crippen molar-refractivity contribution >= 4 is 35.9 Å². The number of aryl methyl sites for hydroxylation is 1. The Balaban J connectivity index is 1.92. The number of aromatic nitrogens is 4. The number of thioether (sulfide) groups is 1. The third kappa shape index (κ3) is 9.46. The summed E-state index contributed by atoms with van der Waals surface area (Å²) in [6.07, 6.45) is 2.07. The predicted molar refractivity (Wildman–Crippen MR) is 161 cm³/mol. The van der Waals surface area contributed by atoms with Gasteiger partial charge >= 0.3 is 0 Å². The van der Waals surface area contributed by atoms with Crippen LogP contribution in [0.1, 0.15) is 40.2 Å². The molecule has 1 aromatic carbocycles. The van der Waals surface area contributed by atoms with Gasteiger partial charge in [0.05, 0.1) is 25.6 Å². The number of anilines is 1. The Hall–Kier alpha value is -2.59. The first-order valence-corrected chi connectivity index (χ1v) is 18.7. The van der Waals surface area contributed by atoms with E-state index in [9.17, 15) is 17.2 Å². The Morgan fingerprint density at radius 2 is 1.86 bits per heavy atom. The highest BCUT2D eigenvalue weighted by molar-refractivity contribution is 7.98. The first-order chi connectivity index (χ1) is 19.5. The van der Waals surface area contributed by atoms with Gasteiger partial charge in [0.2, 0.25) is 5.88 Å². The summed E-state index contributed by atoms with van der Waals surface area (Å²) in [5, 5.41) is -0.144. The summed E-state index contributed by atoms with van der Waals surface area (Å²) >= 11 is 0.998. The van der Waals surface area contributed by atoms with Crippen molar-refractivity contribution in [2.24, 2.45) is 7.05 Å². The fourth-order valence-electron chi connectivity index (χ4n) is 3.21. The molecule has 1 N–H and O–H groups in total. The van der Waals surface area contributed by atoms with Crippen molar-refractivity contribution in [3.05, 3.63) is 54.0 Å². The first-order valence-electron chi connectivity index (χ1n) is 13.3. The number of hydrogen-bond donors (Lipinski definition) is 1. The Morgan fingerprint density at radius 3 is 2.48 bits per heavy atom. The van der Waals surface area contributed by atoms with E-state index in [4.69, 9.17) is 13.9 Å². The predicted octanol–water partition coefficient (Wildman–Crippen LogP) is 5.78.